The van der Waals surface area contributed by atoms with Gasteiger partial charge >= 0.3 is 0 Å². The van der Waals surface area contributed by atoms with Crippen LogP contribution >= 0.6 is 12.6 Å². The summed E-state index contributed by atoms with van der Waals surface area (Å²) in [4.78, 5) is 11.1. The minimum Gasteiger partial charge on any atom is -0.352 e. The summed E-state index contributed by atoms with van der Waals surface area (Å²) in [5.74, 6) is 0.290. The van der Waals surface area contributed by atoms with Crippen LogP contribution in [0.25, 0.3) is 0 Å². The number of fused-ring (bicyclic) bond motifs is 1. The summed E-state index contributed by atoms with van der Waals surface area (Å²) in [6.07, 6.45) is 1.91. The summed E-state index contributed by atoms with van der Waals surface area (Å²) in [6.45, 7) is 0. The first-order chi connectivity index (χ1) is 6.79. The van der Waals surface area contributed by atoms with E-state index in [9.17, 15) is 4.79 Å². The van der Waals surface area contributed by atoms with Gasteiger partial charge in [0.1, 0.15) is 0 Å². The Kier molecular flexibility index (Phi) is 2.77. The Hall–Kier alpha value is -0.960. The van der Waals surface area contributed by atoms with E-state index >= 15 is 0 Å². The summed E-state index contributed by atoms with van der Waals surface area (Å²) >= 11 is 3.94. The van der Waals surface area contributed by atoms with Gasteiger partial charge in [-0.1, -0.05) is 24.3 Å². The van der Waals surface area contributed by atoms with Gasteiger partial charge in [-0.25, -0.2) is 0 Å². The van der Waals surface area contributed by atoms with E-state index in [1.54, 1.807) is 0 Å². The van der Waals surface area contributed by atoms with E-state index in [1.807, 2.05) is 12.1 Å². The van der Waals surface area contributed by atoms with Crippen molar-refractivity contribution in [3.8, 4) is 0 Å². The van der Waals surface area contributed by atoms with E-state index in [0.29, 0.717) is 0 Å². The zero-order chi connectivity index (χ0) is 9.97. The third-order valence-electron chi connectivity index (χ3n) is 2.56. The van der Waals surface area contributed by atoms with Crippen LogP contribution in [0.15, 0.2) is 24.3 Å². The lowest BCUT2D eigenvalue weighted by Crippen LogP contribution is -2.36. The number of carbonyl (C=O) groups is 1. The molecule has 0 spiro atoms. The summed E-state index contributed by atoms with van der Waals surface area (Å²) in [5, 5.41) is 2.96. The maximum atomic E-state index is 11.1. The molecule has 1 aromatic rings. The number of nitrogens with one attached hydrogen (secondary N) is 1. The van der Waals surface area contributed by atoms with E-state index in [0.717, 1.165) is 12.8 Å². The molecule has 0 atom stereocenters. The second kappa shape index (κ2) is 4.05. The van der Waals surface area contributed by atoms with Gasteiger partial charge in [0.05, 0.1) is 5.75 Å². The highest BCUT2D eigenvalue weighted by atomic mass is 32.1. The van der Waals surface area contributed by atoms with Gasteiger partial charge < -0.3 is 5.32 Å². The normalized spacial score (nSPS) is 15.2. The third kappa shape index (κ3) is 1.93. The quantitative estimate of drug-likeness (QED) is 0.701. The Bertz CT molecular complexity index is 326. The van der Waals surface area contributed by atoms with Gasteiger partial charge in [0, 0.05) is 6.04 Å². The molecule has 3 heteroatoms. The molecule has 1 N–H and O–H groups in total. The molecule has 0 radical (unpaired) electrons. The molecule has 0 aromatic heterocycles. The van der Waals surface area contributed by atoms with Gasteiger partial charge in [0.25, 0.3) is 0 Å². The maximum absolute atomic E-state index is 11.1. The van der Waals surface area contributed by atoms with Crippen molar-refractivity contribution >= 4 is 18.5 Å². The van der Waals surface area contributed by atoms with Crippen molar-refractivity contribution < 1.29 is 4.79 Å². The monoisotopic (exact) mass is 207 g/mol. The van der Waals surface area contributed by atoms with Crippen LogP contribution in [0.3, 0.4) is 0 Å². The van der Waals surface area contributed by atoms with Crippen molar-refractivity contribution in [3.63, 3.8) is 0 Å². The third-order valence-corrected chi connectivity index (χ3v) is 2.85. The Morgan fingerprint density at radius 2 is 1.93 bits per heavy atom. The fourth-order valence-electron chi connectivity index (χ4n) is 1.93. The molecule has 1 amide bonds. The average molecular weight is 207 g/mol. The molecule has 0 aliphatic heterocycles. The van der Waals surface area contributed by atoms with E-state index in [2.05, 4.69) is 30.1 Å². The number of hydrogen-bond acceptors (Lipinski definition) is 2. The summed E-state index contributed by atoms with van der Waals surface area (Å²) in [6, 6.07) is 8.61. The van der Waals surface area contributed by atoms with Crippen LogP contribution in [0.5, 0.6) is 0 Å². The Balaban J connectivity index is 2.01. The predicted octanol–water partition coefficient (Wildman–Crippen LogP) is 1.20. The van der Waals surface area contributed by atoms with Crippen molar-refractivity contribution in [1.82, 2.24) is 5.32 Å². The van der Waals surface area contributed by atoms with E-state index in [4.69, 9.17) is 0 Å². The van der Waals surface area contributed by atoms with E-state index in [1.165, 1.54) is 11.1 Å². The summed E-state index contributed by atoms with van der Waals surface area (Å²) in [7, 11) is 0. The lowest BCUT2D eigenvalue weighted by Gasteiger charge is -2.10. The molecular formula is C11H13NOS. The highest BCUT2D eigenvalue weighted by Crippen LogP contribution is 2.21. The molecule has 1 aliphatic rings. The zero-order valence-electron chi connectivity index (χ0n) is 7.86. The lowest BCUT2D eigenvalue weighted by atomic mass is 10.1. The Labute approximate surface area is 89.1 Å². The fraction of sp³-hybridized carbons (Fsp3) is 0.364. The highest BCUT2D eigenvalue weighted by Gasteiger charge is 2.21. The molecule has 1 aromatic carbocycles. The van der Waals surface area contributed by atoms with Gasteiger partial charge in [0.15, 0.2) is 0 Å². The molecule has 0 unspecified atom stereocenters. The average Bonchev–Trinajstić information content (AvgIpc) is 2.59. The first-order valence-corrected chi connectivity index (χ1v) is 5.40. The minimum atomic E-state index is 0.0196. The number of benzene rings is 1. The molecule has 1 aliphatic carbocycles. The summed E-state index contributed by atoms with van der Waals surface area (Å²) < 4.78 is 0. The van der Waals surface area contributed by atoms with E-state index in [-0.39, 0.29) is 17.7 Å². The van der Waals surface area contributed by atoms with Gasteiger partial charge in [-0.05, 0) is 24.0 Å². The van der Waals surface area contributed by atoms with Gasteiger partial charge in [-0.15, -0.1) is 0 Å². The fourth-order valence-corrected chi connectivity index (χ4v) is 2.03. The largest absolute Gasteiger partial charge is 0.352 e. The number of amides is 1. The van der Waals surface area contributed by atoms with Crippen molar-refractivity contribution in [1.29, 1.82) is 0 Å². The second-order valence-electron chi connectivity index (χ2n) is 3.60. The van der Waals surface area contributed by atoms with Crippen LogP contribution in [-0.4, -0.2) is 17.7 Å². The molecule has 74 valence electrons. The standard InChI is InChI=1S/C11H13NOS/c13-11(7-14)12-10-5-8-3-1-2-4-9(8)6-10/h1-4,10,14H,5-7H2,(H,12,13). The number of thiol groups is 1. The maximum Gasteiger partial charge on any atom is 0.229 e. The molecule has 0 saturated carbocycles. The zero-order valence-corrected chi connectivity index (χ0v) is 8.76. The van der Waals surface area contributed by atoms with Gasteiger partial charge in [0.2, 0.25) is 5.91 Å². The Morgan fingerprint density at radius 3 is 2.43 bits per heavy atom. The van der Waals surface area contributed by atoms with Crippen molar-refractivity contribution in [3.05, 3.63) is 35.4 Å². The molecule has 2 nitrogen and oxygen atoms in total. The number of hydrogen-bond donors (Lipinski definition) is 2. The SMILES string of the molecule is O=C(CS)NC1Cc2ccccc2C1. The van der Waals surface area contributed by atoms with Crippen LogP contribution in [0, 0.1) is 0 Å². The molecule has 2 rings (SSSR count). The van der Waals surface area contributed by atoms with Crippen molar-refractivity contribution in [2.24, 2.45) is 0 Å². The Morgan fingerprint density at radius 1 is 1.36 bits per heavy atom. The topological polar surface area (TPSA) is 29.1 Å². The molecule has 0 fully saturated rings. The molecule has 0 saturated heterocycles. The molecule has 0 bridgehead atoms. The van der Waals surface area contributed by atoms with Crippen LogP contribution in [-0.2, 0) is 17.6 Å². The second-order valence-corrected chi connectivity index (χ2v) is 3.92. The smallest absolute Gasteiger partial charge is 0.229 e. The first kappa shape index (κ1) is 9.59. The van der Waals surface area contributed by atoms with Crippen molar-refractivity contribution in [2.45, 2.75) is 18.9 Å². The van der Waals surface area contributed by atoms with Gasteiger partial charge in [-0.3, -0.25) is 4.79 Å². The van der Waals surface area contributed by atoms with Crippen LogP contribution in [0.1, 0.15) is 11.1 Å². The van der Waals surface area contributed by atoms with Gasteiger partial charge in [-0.2, -0.15) is 12.6 Å². The molecule has 0 heterocycles. The van der Waals surface area contributed by atoms with Crippen LogP contribution in [0.4, 0.5) is 0 Å². The first-order valence-electron chi connectivity index (χ1n) is 4.76. The molecular weight excluding hydrogens is 194 g/mol. The van der Waals surface area contributed by atoms with Crippen LogP contribution < -0.4 is 5.32 Å². The van der Waals surface area contributed by atoms with E-state index < -0.39 is 0 Å². The van der Waals surface area contributed by atoms with Crippen LogP contribution in [0.2, 0.25) is 0 Å². The number of carbonyl (C=O) groups excluding carboxylic acids is 1. The minimum absolute atomic E-state index is 0.0196. The highest BCUT2D eigenvalue weighted by molar-refractivity contribution is 7.81. The van der Waals surface area contributed by atoms with Crippen molar-refractivity contribution in [2.75, 3.05) is 5.75 Å². The summed E-state index contributed by atoms with van der Waals surface area (Å²) in [5.41, 5.74) is 2.72. The molecule has 14 heavy (non-hydrogen) atoms. The lowest BCUT2D eigenvalue weighted by molar-refractivity contribution is -0.119. The predicted molar refractivity (Wildman–Crippen MR) is 59.6 cm³/mol. The number of rotatable bonds is 2.